The molecule has 0 bridgehead atoms. The smallest absolute Gasteiger partial charge is 0.389 e. The van der Waals surface area contributed by atoms with Gasteiger partial charge in [0, 0.05) is 24.8 Å². The lowest BCUT2D eigenvalue weighted by Crippen LogP contribution is -2.16. The third kappa shape index (κ3) is 16.3. The van der Waals surface area contributed by atoms with Gasteiger partial charge in [-0.2, -0.15) is 26.3 Å². The number of aromatic amines is 3. The van der Waals surface area contributed by atoms with Gasteiger partial charge in [0.15, 0.2) is 0 Å². The molecule has 12 rings (SSSR count). The van der Waals surface area contributed by atoms with Gasteiger partial charge < -0.3 is 25.2 Å². The monoisotopic (exact) mass is 1240 g/mol. The van der Waals surface area contributed by atoms with Crippen LogP contribution in [0.25, 0.3) is 66.5 Å². The zero-order valence-corrected chi connectivity index (χ0v) is 50.9. The Hall–Kier alpha value is -9.36. The summed E-state index contributed by atoms with van der Waals surface area (Å²) in [7, 11) is -3.43. The van der Waals surface area contributed by atoms with Crippen LogP contribution in [0, 0.1) is 6.92 Å². The molecule has 9 aromatic carbocycles. The molecule has 1 unspecified atom stereocenters. The molecular weight excluding hydrogens is 1170 g/mol. The van der Waals surface area contributed by atoms with Crippen LogP contribution in [-0.2, 0) is 66.5 Å². The number of hydrogen-bond donors (Lipinski definition) is 6. The van der Waals surface area contributed by atoms with E-state index in [-0.39, 0.29) is 0 Å². The van der Waals surface area contributed by atoms with Crippen molar-refractivity contribution in [3.63, 3.8) is 0 Å². The van der Waals surface area contributed by atoms with Crippen molar-refractivity contribution in [2.24, 2.45) is 0 Å². The minimum atomic E-state index is -4.37. The quantitative estimate of drug-likeness (QED) is 0.0523. The van der Waals surface area contributed by atoms with Crippen LogP contribution in [0.3, 0.4) is 0 Å². The van der Waals surface area contributed by atoms with E-state index in [1.807, 2.05) is 91.0 Å². The number of aromatic nitrogens is 6. The van der Waals surface area contributed by atoms with Crippen LogP contribution in [0.15, 0.2) is 200 Å². The van der Waals surface area contributed by atoms with E-state index in [4.69, 9.17) is 4.98 Å². The number of benzene rings is 9. The molecular formula is C72H67F6N7O4S. The number of nitrogens with one attached hydrogen (secondary N) is 4. The van der Waals surface area contributed by atoms with Gasteiger partial charge in [0.1, 0.15) is 17.5 Å². The zero-order valence-electron chi connectivity index (χ0n) is 50.1. The number of aliphatic hydroxyl groups excluding tert-OH is 1. The van der Waals surface area contributed by atoms with E-state index in [1.54, 1.807) is 45.0 Å². The van der Waals surface area contributed by atoms with E-state index in [0.29, 0.717) is 48.3 Å². The van der Waals surface area contributed by atoms with E-state index in [0.717, 1.165) is 127 Å². The van der Waals surface area contributed by atoms with Gasteiger partial charge in [0.05, 0.1) is 67.9 Å². The van der Waals surface area contributed by atoms with Crippen LogP contribution in [-0.4, -0.2) is 54.8 Å². The van der Waals surface area contributed by atoms with Gasteiger partial charge in [-0.3, -0.25) is 4.72 Å². The van der Waals surface area contributed by atoms with E-state index >= 15 is 0 Å². The lowest BCUT2D eigenvalue weighted by Gasteiger charge is -2.21. The number of alkyl halides is 6. The minimum absolute atomic E-state index is 0.414. The molecule has 0 aliphatic carbocycles. The fourth-order valence-electron chi connectivity index (χ4n) is 10.9. The number of sulfonamides is 1. The summed E-state index contributed by atoms with van der Waals surface area (Å²) in [6.45, 7) is 7.44. The molecule has 3 heterocycles. The SMILES string of the molecule is CC(C)(O)c1ccccc1-c1ccc2nc(CCc3cccc(C(F)(F)F)c3)[nH]c2c1.CS(=O)(=O)Nc1ccccc1-c1ccc2nc(CCc3cccc(C(F)(F)F)c3)[nH]c2c1.Cc1cccc(CCc2nc3ccc(-c4ccccc4C(C)O)cc3[nH]2)c1. The van der Waals surface area contributed by atoms with E-state index in [2.05, 4.69) is 85.1 Å². The molecule has 0 saturated heterocycles. The van der Waals surface area contributed by atoms with Crippen molar-refractivity contribution in [2.75, 3.05) is 11.0 Å². The standard InChI is InChI=1S/C25H23F3N2O.C24H24N2O.C23H20F3N3O2S/c1-24(2,31)20-9-4-3-8-19(20)17-11-12-21-22(15-17)30-23(29-21)13-10-16-6-5-7-18(14-16)25(26,27)28;1-16-6-5-7-18(14-16)10-13-24-25-22-12-11-19(15-23(22)26-24)21-9-4-3-8-20(21)17(2)27;1-32(30,31)29-19-8-3-2-7-18(19)16-10-11-20-21(14-16)28-22(27-20)12-9-15-5-4-6-17(13-15)23(24,25)26/h3-9,11-12,14-15,31H,10,13H2,1-2H3,(H,29,30);3-9,11-12,14-15,17,27H,10,13H2,1-2H3,(H,25,26);2-8,10-11,13-14,29H,9,12H2,1H3,(H,27,28). The number of hydrogen-bond acceptors (Lipinski definition) is 7. The maximum absolute atomic E-state index is 12.9. The number of para-hydroxylation sites is 1. The molecule has 90 heavy (non-hydrogen) atoms. The highest BCUT2D eigenvalue weighted by molar-refractivity contribution is 7.92. The molecule has 11 nitrogen and oxygen atoms in total. The summed E-state index contributed by atoms with van der Waals surface area (Å²) < 4.78 is 103. The molecule has 12 aromatic rings. The Morgan fingerprint density at radius 3 is 1.32 bits per heavy atom. The number of aliphatic hydroxyl groups is 2. The number of fused-ring (bicyclic) bond motifs is 3. The first kappa shape index (κ1) is 63.7. The fraction of sp³-hybridized carbons (Fsp3) is 0.208. The Bertz CT molecular complexity index is 4600. The zero-order chi connectivity index (χ0) is 64.0. The number of H-pyrrole nitrogens is 3. The fourth-order valence-corrected chi connectivity index (χ4v) is 11.5. The summed E-state index contributed by atoms with van der Waals surface area (Å²) in [6.07, 6.45) is -4.42. The van der Waals surface area contributed by atoms with Gasteiger partial charge in [-0.05, 0) is 157 Å². The maximum Gasteiger partial charge on any atom is 0.416 e. The molecule has 6 N–H and O–H groups in total. The van der Waals surface area contributed by atoms with Crippen molar-refractivity contribution >= 4 is 48.8 Å². The Morgan fingerprint density at radius 1 is 0.478 bits per heavy atom. The lowest BCUT2D eigenvalue weighted by atomic mass is 9.89. The van der Waals surface area contributed by atoms with Gasteiger partial charge in [-0.1, -0.05) is 151 Å². The molecule has 18 heteroatoms. The Kier molecular flexibility index (Phi) is 18.9. The first-order valence-electron chi connectivity index (χ1n) is 29.3. The second-order valence-corrected chi connectivity index (χ2v) is 24.7. The van der Waals surface area contributed by atoms with Crippen molar-refractivity contribution in [2.45, 2.75) is 90.3 Å². The van der Waals surface area contributed by atoms with Gasteiger partial charge in [-0.25, -0.2) is 23.4 Å². The number of anilines is 1. The average Bonchev–Trinajstić information content (AvgIpc) is 1.54. The molecule has 462 valence electrons. The number of aryl methyl sites for hydroxylation is 7. The Balaban J connectivity index is 0.000000149. The van der Waals surface area contributed by atoms with Crippen molar-refractivity contribution < 1.29 is 45.0 Å². The highest BCUT2D eigenvalue weighted by Crippen LogP contribution is 2.36. The molecule has 0 fully saturated rings. The Morgan fingerprint density at radius 2 is 0.878 bits per heavy atom. The average molecular weight is 1240 g/mol. The van der Waals surface area contributed by atoms with Gasteiger partial charge in [-0.15, -0.1) is 0 Å². The van der Waals surface area contributed by atoms with Crippen molar-refractivity contribution in [1.82, 2.24) is 29.9 Å². The van der Waals surface area contributed by atoms with Crippen LogP contribution < -0.4 is 4.72 Å². The number of imidazole rings is 3. The number of rotatable bonds is 16. The molecule has 3 aromatic heterocycles. The van der Waals surface area contributed by atoms with Crippen LogP contribution in [0.1, 0.15) is 88.9 Å². The van der Waals surface area contributed by atoms with Crippen molar-refractivity contribution in [3.05, 3.63) is 262 Å². The summed E-state index contributed by atoms with van der Waals surface area (Å²) >= 11 is 0. The Labute approximate surface area is 518 Å². The highest BCUT2D eigenvalue weighted by atomic mass is 32.2. The lowest BCUT2D eigenvalue weighted by molar-refractivity contribution is -0.138. The minimum Gasteiger partial charge on any atom is -0.389 e. The van der Waals surface area contributed by atoms with Crippen LogP contribution in [0.5, 0.6) is 0 Å². The maximum atomic E-state index is 12.9. The molecule has 0 aliphatic rings. The summed E-state index contributed by atoms with van der Waals surface area (Å²) in [5.41, 5.74) is 14.5. The predicted molar refractivity (Wildman–Crippen MR) is 345 cm³/mol. The van der Waals surface area contributed by atoms with E-state index in [9.17, 15) is 45.0 Å². The molecule has 0 saturated carbocycles. The topological polar surface area (TPSA) is 173 Å². The van der Waals surface area contributed by atoms with Gasteiger partial charge >= 0.3 is 12.4 Å². The molecule has 1 atom stereocenters. The van der Waals surface area contributed by atoms with Crippen LogP contribution in [0.2, 0.25) is 0 Å². The second kappa shape index (κ2) is 26.8. The van der Waals surface area contributed by atoms with Crippen LogP contribution in [0.4, 0.5) is 32.0 Å². The molecule has 0 spiro atoms. The van der Waals surface area contributed by atoms with E-state index < -0.39 is 45.2 Å². The summed E-state index contributed by atoms with van der Waals surface area (Å²) in [5.74, 6) is 2.39. The summed E-state index contributed by atoms with van der Waals surface area (Å²) in [5, 5.41) is 20.6. The molecule has 0 radical (unpaired) electrons. The summed E-state index contributed by atoms with van der Waals surface area (Å²) in [6, 6.07) is 59.8. The number of halogens is 6. The first-order chi connectivity index (χ1) is 42.8. The van der Waals surface area contributed by atoms with Gasteiger partial charge in [0.25, 0.3) is 0 Å². The highest BCUT2D eigenvalue weighted by Gasteiger charge is 2.31. The third-order valence-electron chi connectivity index (χ3n) is 15.3. The number of nitrogens with zero attached hydrogens (tertiary/aromatic N) is 3. The summed E-state index contributed by atoms with van der Waals surface area (Å²) in [4.78, 5) is 23.8. The largest absolute Gasteiger partial charge is 0.416 e. The normalized spacial score (nSPS) is 12.4. The van der Waals surface area contributed by atoms with E-state index in [1.165, 1.54) is 29.3 Å². The third-order valence-corrected chi connectivity index (χ3v) is 15.9. The van der Waals surface area contributed by atoms with Crippen molar-refractivity contribution in [3.8, 4) is 33.4 Å². The molecule has 0 amide bonds. The molecule has 0 aliphatic heterocycles. The van der Waals surface area contributed by atoms with Crippen molar-refractivity contribution in [1.29, 1.82) is 0 Å². The first-order valence-corrected chi connectivity index (χ1v) is 31.2. The van der Waals surface area contributed by atoms with Crippen LogP contribution >= 0.6 is 0 Å². The van der Waals surface area contributed by atoms with Gasteiger partial charge in [0.2, 0.25) is 10.0 Å². The predicted octanol–water partition coefficient (Wildman–Crippen LogP) is 17.0. The second-order valence-electron chi connectivity index (χ2n) is 22.9.